The van der Waals surface area contributed by atoms with Crippen molar-refractivity contribution in [3.63, 3.8) is 0 Å². The summed E-state index contributed by atoms with van der Waals surface area (Å²) in [6.07, 6.45) is 2.17. The van der Waals surface area contributed by atoms with Crippen LogP contribution in [0.2, 0.25) is 0 Å². The van der Waals surface area contributed by atoms with Crippen molar-refractivity contribution in [2.24, 2.45) is 0 Å². The number of hydrogen-bond donors (Lipinski definition) is 0. The summed E-state index contributed by atoms with van der Waals surface area (Å²) in [6, 6.07) is 9.27. The summed E-state index contributed by atoms with van der Waals surface area (Å²) in [5.74, 6) is 0.832. The average molecular weight is 409 g/mol. The Hall–Kier alpha value is -2.94. The molecule has 0 aliphatic carbocycles. The number of nitrogens with zero attached hydrogens (tertiary/aromatic N) is 2. The van der Waals surface area contributed by atoms with Crippen LogP contribution in [0.4, 0.5) is 5.69 Å². The first-order chi connectivity index (χ1) is 11.9. The van der Waals surface area contributed by atoms with Crippen LogP contribution >= 0.6 is 15.9 Å². The highest BCUT2D eigenvalue weighted by Gasteiger charge is 2.12. The van der Waals surface area contributed by atoms with E-state index < -0.39 is 9.85 Å². The predicted molar refractivity (Wildman–Crippen MR) is 94.2 cm³/mol. The molecule has 0 unspecified atom stereocenters. The second kappa shape index (κ2) is 8.25. The number of benzene rings is 2. The van der Waals surface area contributed by atoms with Gasteiger partial charge in [0.1, 0.15) is 6.61 Å². The number of rotatable bonds is 7. The number of methoxy groups -OCH3 is 1. The van der Waals surface area contributed by atoms with Gasteiger partial charge in [-0.3, -0.25) is 20.2 Å². The minimum absolute atomic E-state index is 0.00411. The Morgan fingerprint density at radius 2 is 1.84 bits per heavy atom. The van der Waals surface area contributed by atoms with Gasteiger partial charge in [-0.25, -0.2) is 0 Å². The van der Waals surface area contributed by atoms with Gasteiger partial charge < -0.3 is 9.47 Å². The monoisotopic (exact) mass is 408 g/mol. The van der Waals surface area contributed by atoms with Gasteiger partial charge in [0.2, 0.25) is 6.20 Å². The molecule has 0 saturated heterocycles. The molecule has 130 valence electrons. The van der Waals surface area contributed by atoms with Gasteiger partial charge in [-0.05, 0) is 51.3 Å². The molecule has 2 aromatic rings. The van der Waals surface area contributed by atoms with Crippen molar-refractivity contribution < 1.29 is 19.3 Å². The van der Waals surface area contributed by atoms with E-state index in [9.17, 15) is 20.2 Å². The maximum Gasteiger partial charge on any atom is 0.269 e. The van der Waals surface area contributed by atoms with Gasteiger partial charge in [0, 0.05) is 18.2 Å². The molecule has 0 spiro atoms. The van der Waals surface area contributed by atoms with E-state index in [-0.39, 0.29) is 12.3 Å². The van der Waals surface area contributed by atoms with Crippen molar-refractivity contribution in [3.8, 4) is 11.5 Å². The van der Waals surface area contributed by atoms with Gasteiger partial charge in [-0.2, -0.15) is 0 Å². The van der Waals surface area contributed by atoms with Crippen LogP contribution in [0.15, 0.2) is 47.1 Å². The molecule has 0 heterocycles. The fourth-order valence-electron chi connectivity index (χ4n) is 1.99. The van der Waals surface area contributed by atoms with Crippen LogP contribution in [0.1, 0.15) is 11.1 Å². The SMILES string of the molecule is COc1cc(/C=C\[N+](=O)[O-])cc(Br)c1OCc1ccc([N+](=O)[O-])cc1. The maximum atomic E-state index is 10.7. The number of non-ortho nitro benzene ring substituents is 1. The molecule has 0 N–H and O–H groups in total. The van der Waals surface area contributed by atoms with E-state index in [1.54, 1.807) is 24.3 Å². The lowest BCUT2D eigenvalue weighted by Gasteiger charge is -2.13. The molecule has 0 aliphatic rings. The Morgan fingerprint density at radius 1 is 1.16 bits per heavy atom. The lowest BCUT2D eigenvalue weighted by Crippen LogP contribution is -1.99. The third-order valence-corrected chi connectivity index (χ3v) is 3.76. The Bertz CT molecular complexity index is 820. The topological polar surface area (TPSA) is 105 Å². The Morgan fingerprint density at radius 3 is 2.40 bits per heavy atom. The summed E-state index contributed by atoms with van der Waals surface area (Å²) >= 11 is 3.35. The minimum Gasteiger partial charge on any atom is -0.493 e. The zero-order valence-electron chi connectivity index (χ0n) is 13.0. The van der Waals surface area contributed by atoms with Gasteiger partial charge in [0.25, 0.3) is 5.69 Å². The van der Waals surface area contributed by atoms with Gasteiger partial charge >= 0.3 is 0 Å². The maximum absolute atomic E-state index is 10.7. The molecule has 8 nitrogen and oxygen atoms in total. The summed E-state index contributed by atoms with van der Waals surface area (Å²) < 4.78 is 11.6. The van der Waals surface area contributed by atoms with Crippen LogP contribution in [-0.4, -0.2) is 17.0 Å². The fourth-order valence-corrected chi connectivity index (χ4v) is 2.57. The summed E-state index contributed by atoms with van der Waals surface area (Å²) in [5, 5.41) is 21.1. The van der Waals surface area contributed by atoms with E-state index in [1.165, 1.54) is 25.3 Å². The summed E-state index contributed by atoms with van der Waals surface area (Å²) in [6.45, 7) is 0.178. The van der Waals surface area contributed by atoms with Gasteiger partial charge in [0.15, 0.2) is 11.5 Å². The minimum atomic E-state index is -0.556. The highest BCUT2D eigenvalue weighted by molar-refractivity contribution is 9.10. The number of nitro benzene ring substituents is 1. The van der Waals surface area contributed by atoms with Crippen molar-refractivity contribution in [1.82, 2.24) is 0 Å². The van der Waals surface area contributed by atoms with E-state index in [2.05, 4.69) is 15.9 Å². The predicted octanol–water partition coefficient (Wildman–Crippen LogP) is 4.19. The lowest BCUT2D eigenvalue weighted by atomic mass is 10.2. The summed E-state index contributed by atoms with van der Waals surface area (Å²) in [7, 11) is 1.46. The number of halogens is 1. The van der Waals surface area contributed by atoms with Crippen LogP contribution in [-0.2, 0) is 6.61 Å². The second-order valence-corrected chi connectivity index (χ2v) is 5.70. The molecule has 0 saturated carbocycles. The van der Waals surface area contributed by atoms with Gasteiger partial charge in [0.05, 0.1) is 21.4 Å². The molecule has 0 bridgehead atoms. The Kier molecular flexibility index (Phi) is 6.07. The molecule has 0 aliphatic heterocycles. The smallest absolute Gasteiger partial charge is 0.269 e. The first kappa shape index (κ1) is 18.4. The van der Waals surface area contributed by atoms with Crippen molar-refractivity contribution in [1.29, 1.82) is 0 Å². The zero-order chi connectivity index (χ0) is 18.4. The third-order valence-electron chi connectivity index (χ3n) is 3.17. The Balaban J connectivity index is 2.18. The van der Waals surface area contributed by atoms with E-state index in [0.717, 1.165) is 11.8 Å². The average Bonchev–Trinajstić information content (AvgIpc) is 2.58. The van der Waals surface area contributed by atoms with Crippen LogP contribution in [0.5, 0.6) is 11.5 Å². The van der Waals surface area contributed by atoms with E-state index in [4.69, 9.17) is 9.47 Å². The molecule has 0 atom stereocenters. The molecule has 25 heavy (non-hydrogen) atoms. The highest BCUT2D eigenvalue weighted by atomic mass is 79.9. The van der Waals surface area contributed by atoms with Gasteiger partial charge in [-0.1, -0.05) is 0 Å². The molecule has 0 amide bonds. The normalized spacial score (nSPS) is 10.6. The van der Waals surface area contributed by atoms with E-state index in [1.807, 2.05) is 0 Å². The standard InChI is InChI=1S/C16H13BrN2O6/c1-24-15-9-12(6-7-18(20)21)8-14(17)16(15)25-10-11-2-4-13(5-3-11)19(22)23/h2-9H,10H2,1H3/b7-6-. The van der Waals surface area contributed by atoms with Crippen LogP contribution < -0.4 is 9.47 Å². The number of nitro groups is 2. The molecule has 0 fully saturated rings. The molecular formula is C16H13BrN2O6. The number of hydrogen-bond acceptors (Lipinski definition) is 6. The van der Waals surface area contributed by atoms with Crippen LogP contribution in [0.25, 0.3) is 6.08 Å². The lowest BCUT2D eigenvalue weighted by molar-refractivity contribution is -0.400. The van der Waals surface area contributed by atoms with E-state index in [0.29, 0.717) is 21.5 Å². The molecule has 2 aromatic carbocycles. The quantitative estimate of drug-likeness (QED) is 0.502. The first-order valence-electron chi connectivity index (χ1n) is 6.96. The largest absolute Gasteiger partial charge is 0.493 e. The van der Waals surface area contributed by atoms with E-state index >= 15 is 0 Å². The molecule has 0 aromatic heterocycles. The third kappa shape index (κ3) is 5.01. The summed E-state index contributed by atoms with van der Waals surface area (Å²) in [4.78, 5) is 20.0. The fraction of sp³-hybridized carbons (Fsp3) is 0.125. The Labute approximate surface area is 151 Å². The number of ether oxygens (including phenoxy) is 2. The van der Waals surface area contributed by atoms with Crippen molar-refractivity contribution in [2.45, 2.75) is 6.61 Å². The first-order valence-corrected chi connectivity index (χ1v) is 7.75. The van der Waals surface area contributed by atoms with Crippen LogP contribution in [0, 0.1) is 20.2 Å². The second-order valence-electron chi connectivity index (χ2n) is 4.85. The van der Waals surface area contributed by atoms with Crippen LogP contribution in [0.3, 0.4) is 0 Å². The van der Waals surface area contributed by atoms with Crippen molar-refractivity contribution in [2.75, 3.05) is 7.11 Å². The zero-order valence-corrected chi connectivity index (χ0v) is 14.6. The summed E-state index contributed by atoms with van der Waals surface area (Å²) in [5.41, 5.74) is 1.32. The van der Waals surface area contributed by atoms with Crippen molar-refractivity contribution >= 4 is 27.7 Å². The molecular weight excluding hydrogens is 396 g/mol. The molecule has 9 heteroatoms. The van der Waals surface area contributed by atoms with Gasteiger partial charge in [-0.15, -0.1) is 0 Å². The highest BCUT2D eigenvalue weighted by Crippen LogP contribution is 2.37. The van der Waals surface area contributed by atoms with Crippen molar-refractivity contribution in [3.05, 3.63) is 78.4 Å². The molecule has 2 rings (SSSR count). The molecule has 0 radical (unpaired) electrons.